The Bertz CT molecular complexity index is 561. The van der Waals surface area contributed by atoms with Crippen LogP contribution in [0.25, 0.3) is 0 Å². The summed E-state index contributed by atoms with van der Waals surface area (Å²) in [6, 6.07) is 0. The lowest BCUT2D eigenvalue weighted by Gasteiger charge is -2.41. The fraction of sp³-hybridized carbons (Fsp3) is 1.00. The zero-order chi connectivity index (χ0) is 25.2. The zero-order valence-corrected chi connectivity index (χ0v) is 12.9. The maximum absolute atomic E-state index is 13.2. The van der Waals surface area contributed by atoms with Gasteiger partial charge in [-0.2, -0.15) is 79.0 Å². The van der Waals surface area contributed by atoms with Gasteiger partial charge in [-0.05, 0) is 0 Å². The van der Waals surface area contributed by atoms with Gasteiger partial charge in [0.1, 0.15) is 0 Å². The summed E-state index contributed by atoms with van der Waals surface area (Å²) in [5, 5.41) is 16.9. The fourth-order valence-corrected chi connectivity index (χ4v) is 1.54. The van der Waals surface area contributed by atoms with E-state index in [1.807, 2.05) is 0 Å². The van der Waals surface area contributed by atoms with Crippen LogP contribution in [-0.4, -0.2) is 70.3 Å². The highest BCUT2D eigenvalue weighted by atomic mass is 19.4. The van der Waals surface area contributed by atoms with Gasteiger partial charge in [0.05, 0.1) is 0 Å². The van der Waals surface area contributed by atoms with E-state index in [0.29, 0.717) is 0 Å². The molecule has 0 saturated heterocycles. The van der Waals surface area contributed by atoms with Crippen LogP contribution in [0.5, 0.6) is 0 Å². The van der Waals surface area contributed by atoms with Crippen molar-refractivity contribution in [2.24, 2.45) is 0 Å². The third-order valence-corrected chi connectivity index (χ3v) is 3.38. The minimum absolute atomic E-state index is 5.84. The molecule has 0 amide bonds. The maximum Gasteiger partial charge on any atom is 0.460 e. The minimum Gasteiger partial charge on any atom is -0.384 e. The van der Waals surface area contributed by atoms with Gasteiger partial charge in [-0.25, -0.2) is 0 Å². The number of halogens is 18. The molecule has 0 saturated carbocycles. The predicted octanol–water partition coefficient (Wildman–Crippen LogP) is 4.64. The number of hydrogen-bond acceptors (Lipinski definition) is 2. The Morgan fingerprint density at radius 1 is 0.333 bits per heavy atom. The van der Waals surface area contributed by atoms with E-state index >= 15 is 0 Å². The summed E-state index contributed by atoms with van der Waals surface area (Å²) in [5.74, 6) is -47.1. The number of rotatable bonds is 7. The molecule has 0 aromatic rings. The average Bonchev–Trinajstić information content (AvgIpc) is 2.50. The van der Waals surface area contributed by atoms with Crippen LogP contribution in [0.15, 0.2) is 0 Å². The van der Waals surface area contributed by atoms with Gasteiger partial charge in [-0.3, -0.25) is 0 Å². The molecule has 0 rings (SSSR count). The molecule has 0 aromatic carbocycles. The van der Waals surface area contributed by atoms with Crippen LogP contribution in [0.4, 0.5) is 79.0 Å². The van der Waals surface area contributed by atoms with Crippen LogP contribution < -0.4 is 0 Å². The van der Waals surface area contributed by atoms with E-state index in [9.17, 15) is 79.0 Å². The van der Waals surface area contributed by atoms with Crippen molar-refractivity contribution < 1.29 is 89.2 Å². The first-order chi connectivity index (χ1) is 12.6. The predicted molar refractivity (Wildman–Crippen MR) is 53.8 cm³/mol. The lowest BCUT2D eigenvalue weighted by molar-refractivity contribution is -0.428. The number of aliphatic hydroxyl groups is 2. The molecule has 0 heterocycles. The second-order valence-electron chi connectivity index (χ2n) is 5.43. The Morgan fingerprint density at radius 2 is 0.500 bits per heavy atom. The third kappa shape index (κ3) is 3.72. The Kier molecular flexibility index (Phi) is 6.77. The molecule has 182 valence electrons. The molecule has 0 spiro atoms. The molecule has 2 N–H and O–H groups in total. The first-order valence-electron chi connectivity index (χ1n) is 6.33. The normalized spacial score (nSPS) is 18.4. The summed E-state index contributed by atoms with van der Waals surface area (Å²) < 4.78 is 226. The van der Waals surface area contributed by atoms with Crippen LogP contribution in [0, 0.1) is 0 Å². The van der Waals surface area contributed by atoms with Gasteiger partial charge in [0.15, 0.2) is 12.2 Å². The van der Waals surface area contributed by atoms with Crippen molar-refractivity contribution in [2.45, 2.75) is 60.1 Å². The van der Waals surface area contributed by atoms with Crippen molar-refractivity contribution in [3.05, 3.63) is 0 Å². The van der Waals surface area contributed by atoms with E-state index in [1.54, 1.807) is 0 Å². The third-order valence-electron chi connectivity index (χ3n) is 3.38. The Balaban J connectivity index is 6.40. The highest BCUT2D eigenvalue weighted by Crippen LogP contribution is 2.58. The Hall–Kier alpha value is -1.34. The number of aliphatic hydroxyl groups excluding tert-OH is 2. The van der Waals surface area contributed by atoms with E-state index < -0.39 is 60.1 Å². The average molecular weight is 498 g/mol. The van der Waals surface area contributed by atoms with E-state index in [1.165, 1.54) is 0 Å². The first kappa shape index (κ1) is 28.7. The molecule has 2 unspecified atom stereocenters. The summed E-state index contributed by atoms with van der Waals surface area (Å²) >= 11 is 0. The molecule has 0 aliphatic carbocycles. The van der Waals surface area contributed by atoms with Crippen LogP contribution in [-0.2, 0) is 0 Å². The largest absolute Gasteiger partial charge is 0.460 e. The van der Waals surface area contributed by atoms with Crippen molar-refractivity contribution in [2.75, 3.05) is 0 Å². The summed E-state index contributed by atoms with van der Waals surface area (Å²) in [4.78, 5) is 0. The molecular weight excluding hydrogens is 494 g/mol. The van der Waals surface area contributed by atoms with Gasteiger partial charge >= 0.3 is 47.9 Å². The maximum atomic E-state index is 13.2. The highest BCUT2D eigenvalue weighted by Gasteiger charge is 2.87. The van der Waals surface area contributed by atoms with Gasteiger partial charge in [-0.1, -0.05) is 0 Å². The van der Waals surface area contributed by atoms with E-state index in [-0.39, 0.29) is 0 Å². The Labute approximate surface area is 151 Å². The molecule has 0 radical (unpaired) electrons. The molecule has 0 fully saturated rings. The van der Waals surface area contributed by atoms with Gasteiger partial charge in [-0.15, -0.1) is 0 Å². The molecular formula is C10H4F18O2. The molecule has 0 aliphatic heterocycles. The summed E-state index contributed by atoms with van der Waals surface area (Å²) in [6.07, 6.45) is -26.9. The smallest absolute Gasteiger partial charge is 0.384 e. The molecule has 20 heteroatoms. The Morgan fingerprint density at radius 3 is 0.633 bits per heavy atom. The number of hydrogen-bond donors (Lipinski definition) is 2. The molecule has 0 aromatic heterocycles. The van der Waals surface area contributed by atoms with Crippen molar-refractivity contribution in [1.82, 2.24) is 0 Å². The van der Waals surface area contributed by atoms with Gasteiger partial charge in [0.2, 0.25) is 0 Å². The van der Waals surface area contributed by atoms with E-state index in [2.05, 4.69) is 0 Å². The molecule has 30 heavy (non-hydrogen) atoms. The lowest BCUT2D eigenvalue weighted by Crippen LogP contribution is -2.71. The SMILES string of the molecule is OC(C(O)C(F)(F)C(F)(F)C(F)(F)C(F)(F)F)C(F)(F)C(F)(F)C(F)(F)C(F)(F)F. The van der Waals surface area contributed by atoms with Crippen molar-refractivity contribution >= 4 is 0 Å². The van der Waals surface area contributed by atoms with Crippen LogP contribution in [0.3, 0.4) is 0 Å². The molecule has 0 aliphatic rings. The fourth-order valence-electron chi connectivity index (χ4n) is 1.54. The van der Waals surface area contributed by atoms with Crippen LogP contribution >= 0.6 is 0 Å². The second-order valence-corrected chi connectivity index (χ2v) is 5.43. The van der Waals surface area contributed by atoms with Gasteiger partial charge in [0, 0.05) is 0 Å². The minimum atomic E-state index is -8.00. The summed E-state index contributed by atoms with van der Waals surface area (Å²) in [7, 11) is 0. The lowest BCUT2D eigenvalue weighted by atomic mass is 9.89. The standard InChI is InChI=1S/C10H4F18O2/c11-3(12,5(15,16)7(19,20)9(23,24)25)1(29)2(30)4(13,14)6(17,18)8(21,22)10(26,27)28/h1-2,29-30H. The topological polar surface area (TPSA) is 40.5 Å². The van der Waals surface area contributed by atoms with Crippen molar-refractivity contribution in [1.29, 1.82) is 0 Å². The quantitative estimate of drug-likeness (QED) is 0.503. The van der Waals surface area contributed by atoms with Gasteiger partial charge in [0.25, 0.3) is 0 Å². The van der Waals surface area contributed by atoms with E-state index in [0.717, 1.165) is 0 Å². The number of alkyl halides is 18. The van der Waals surface area contributed by atoms with Crippen molar-refractivity contribution in [3.63, 3.8) is 0 Å². The monoisotopic (exact) mass is 498 g/mol. The zero-order valence-electron chi connectivity index (χ0n) is 12.9. The van der Waals surface area contributed by atoms with Crippen LogP contribution in [0.2, 0.25) is 0 Å². The molecule has 2 atom stereocenters. The van der Waals surface area contributed by atoms with E-state index in [4.69, 9.17) is 10.2 Å². The molecule has 2 nitrogen and oxygen atoms in total. The van der Waals surface area contributed by atoms with Crippen molar-refractivity contribution in [3.8, 4) is 0 Å². The summed E-state index contributed by atoms with van der Waals surface area (Å²) in [5.41, 5.74) is 0. The first-order valence-corrected chi connectivity index (χ1v) is 6.33. The molecule has 0 bridgehead atoms. The summed E-state index contributed by atoms with van der Waals surface area (Å²) in [6.45, 7) is 0. The highest BCUT2D eigenvalue weighted by molar-refractivity contribution is 5.10. The van der Waals surface area contributed by atoms with Crippen LogP contribution in [0.1, 0.15) is 0 Å². The van der Waals surface area contributed by atoms with Gasteiger partial charge < -0.3 is 10.2 Å². The second kappa shape index (κ2) is 7.09.